The van der Waals surface area contributed by atoms with Crippen LogP contribution < -0.4 is 14.3 Å². The van der Waals surface area contributed by atoms with Gasteiger partial charge in [0.25, 0.3) is 6.73 Å². The van der Waals surface area contributed by atoms with Gasteiger partial charge < -0.3 is 14.6 Å². The van der Waals surface area contributed by atoms with Crippen LogP contribution in [0.25, 0.3) is 0 Å². The van der Waals surface area contributed by atoms with E-state index in [4.69, 9.17) is 9.47 Å². The largest absolute Gasteiger partial charge is 0.502 e. The van der Waals surface area contributed by atoms with Gasteiger partial charge in [0, 0.05) is 6.07 Å². The van der Waals surface area contributed by atoms with Crippen LogP contribution in [0.15, 0.2) is 95.9 Å². The second kappa shape index (κ2) is 11.0. The Hall–Kier alpha value is -4.63. The molecule has 0 radical (unpaired) electrons. The molecule has 2 N–H and O–H groups in total. The van der Waals surface area contributed by atoms with Crippen LogP contribution in [0.3, 0.4) is 0 Å². The average molecular weight is 544 g/mol. The number of sulfonamides is 1. The van der Waals surface area contributed by atoms with Gasteiger partial charge in [-0.25, -0.2) is 0 Å². The molecule has 2 aliphatic heterocycles. The molecule has 39 heavy (non-hydrogen) atoms. The summed E-state index contributed by atoms with van der Waals surface area (Å²) >= 11 is 0. The SMILES string of the molecule is Cc1cccc2c1OC[N+](NS(=O)(=O)c1ccccc1)=C2.Cc1cccc2c1OC[N+](c1ccccc1O)=C2. The molecule has 8 nitrogen and oxygen atoms in total. The molecule has 0 saturated carbocycles. The molecule has 0 saturated heterocycles. The van der Waals surface area contributed by atoms with Gasteiger partial charge in [-0.05, 0) is 55.3 Å². The van der Waals surface area contributed by atoms with Crippen molar-refractivity contribution in [1.82, 2.24) is 4.83 Å². The van der Waals surface area contributed by atoms with E-state index in [0.29, 0.717) is 6.73 Å². The van der Waals surface area contributed by atoms with E-state index in [9.17, 15) is 13.5 Å². The zero-order valence-electron chi connectivity index (χ0n) is 21.6. The Morgan fingerprint density at radius 2 is 1.31 bits per heavy atom. The van der Waals surface area contributed by atoms with Crippen LogP contribution in [-0.4, -0.2) is 48.7 Å². The minimum Gasteiger partial charge on any atom is -0.502 e. The number of hydrazone groups is 1. The molecule has 4 aromatic carbocycles. The number of phenols is 1. The molecule has 2 aliphatic rings. The van der Waals surface area contributed by atoms with Gasteiger partial charge in [0.1, 0.15) is 11.5 Å². The highest BCUT2D eigenvalue weighted by molar-refractivity contribution is 7.89. The lowest BCUT2D eigenvalue weighted by atomic mass is 10.1. The van der Waals surface area contributed by atoms with Gasteiger partial charge in [0.05, 0.1) is 16.0 Å². The Morgan fingerprint density at radius 3 is 1.97 bits per heavy atom. The Labute approximate surface area is 227 Å². The van der Waals surface area contributed by atoms with Gasteiger partial charge in [-0.3, -0.25) is 0 Å². The fourth-order valence-corrected chi connectivity index (χ4v) is 5.37. The van der Waals surface area contributed by atoms with E-state index < -0.39 is 10.0 Å². The van der Waals surface area contributed by atoms with Crippen LogP contribution in [0.1, 0.15) is 22.3 Å². The lowest BCUT2D eigenvalue weighted by Gasteiger charge is -2.15. The second-order valence-electron chi connectivity index (χ2n) is 9.13. The Kier molecular flexibility index (Phi) is 7.33. The maximum atomic E-state index is 12.3. The Balaban J connectivity index is 0.000000160. The van der Waals surface area contributed by atoms with Gasteiger partial charge in [-0.15, -0.1) is 0 Å². The number of benzene rings is 4. The highest BCUT2D eigenvalue weighted by Crippen LogP contribution is 2.30. The van der Waals surface area contributed by atoms with Crippen LogP contribution in [-0.2, 0) is 10.0 Å². The molecule has 9 heteroatoms. The van der Waals surface area contributed by atoms with Gasteiger partial charge >= 0.3 is 16.8 Å². The third kappa shape index (κ3) is 5.78. The zero-order valence-corrected chi connectivity index (χ0v) is 22.4. The molecule has 0 unspecified atom stereocenters. The number of para-hydroxylation sites is 4. The first-order chi connectivity index (χ1) is 18.8. The summed E-state index contributed by atoms with van der Waals surface area (Å²) in [5.74, 6) is 1.96. The molecule has 0 spiro atoms. The fourth-order valence-electron chi connectivity index (χ4n) is 4.33. The van der Waals surface area contributed by atoms with Gasteiger partial charge in [0.2, 0.25) is 11.9 Å². The van der Waals surface area contributed by atoms with Gasteiger partial charge in [0.15, 0.2) is 12.0 Å². The van der Waals surface area contributed by atoms with E-state index in [2.05, 4.69) is 4.83 Å². The molecule has 0 amide bonds. The molecule has 0 aliphatic carbocycles. The first-order valence-corrected chi connectivity index (χ1v) is 13.8. The minimum absolute atomic E-state index is 0.129. The van der Waals surface area contributed by atoms with Crippen molar-refractivity contribution in [2.45, 2.75) is 18.7 Å². The van der Waals surface area contributed by atoms with Crippen molar-refractivity contribution in [3.8, 4) is 17.2 Å². The molecular weight excluding hydrogens is 514 g/mol. The zero-order chi connectivity index (χ0) is 27.4. The first-order valence-electron chi connectivity index (χ1n) is 12.4. The van der Waals surface area contributed by atoms with Crippen molar-refractivity contribution >= 4 is 28.1 Å². The monoisotopic (exact) mass is 543 g/mol. The number of hydrazine groups is 1. The summed E-state index contributed by atoms with van der Waals surface area (Å²) in [6.45, 7) is 4.53. The second-order valence-corrected chi connectivity index (χ2v) is 10.8. The summed E-state index contributed by atoms with van der Waals surface area (Å²) in [6.07, 6.45) is 3.73. The van der Waals surface area contributed by atoms with E-state index in [1.807, 2.05) is 79.2 Å². The van der Waals surface area contributed by atoms with Gasteiger partial charge in [-0.2, -0.15) is 13.0 Å². The number of ether oxygens (including phenoxy) is 2. The highest BCUT2D eigenvalue weighted by atomic mass is 32.2. The molecule has 0 aromatic heterocycles. The number of aromatic hydroxyl groups is 1. The molecule has 0 bridgehead atoms. The van der Waals surface area contributed by atoms with Crippen molar-refractivity contribution in [3.63, 3.8) is 0 Å². The van der Waals surface area contributed by atoms with Crippen LogP contribution in [0.4, 0.5) is 5.69 Å². The van der Waals surface area contributed by atoms with Crippen molar-refractivity contribution in [1.29, 1.82) is 0 Å². The number of rotatable bonds is 4. The Bertz CT molecular complexity index is 1680. The molecule has 198 valence electrons. The van der Waals surface area contributed by atoms with Crippen LogP contribution >= 0.6 is 0 Å². The third-order valence-electron chi connectivity index (χ3n) is 6.25. The van der Waals surface area contributed by atoms with Crippen LogP contribution in [0, 0.1) is 13.8 Å². The Morgan fingerprint density at radius 1 is 0.718 bits per heavy atom. The van der Waals surface area contributed by atoms with E-state index in [0.717, 1.165) is 39.4 Å². The maximum absolute atomic E-state index is 12.3. The average Bonchev–Trinajstić information content (AvgIpc) is 2.94. The van der Waals surface area contributed by atoms with Crippen LogP contribution in [0.2, 0.25) is 0 Å². The molecule has 0 fully saturated rings. The third-order valence-corrected chi connectivity index (χ3v) is 7.62. The van der Waals surface area contributed by atoms with Crippen molar-refractivity contribution in [3.05, 3.63) is 113 Å². The number of hydrogen-bond acceptors (Lipinski definition) is 5. The quantitative estimate of drug-likeness (QED) is 0.371. The molecule has 4 aromatic rings. The topological polar surface area (TPSA) is 90.9 Å². The van der Waals surface area contributed by atoms with E-state index >= 15 is 0 Å². The predicted molar refractivity (Wildman–Crippen MR) is 149 cm³/mol. The molecule has 0 atom stereocenters. The van der Waals surface area contributed by atoms with Crippen molar-refractivity contribution < 1.29 is 32.3 Å². The van der Waals surface area contributed by atoms with Crippen LogP contribution in [0.5, 0.6) is 17.2 Å². The summed E-state index contributed by atoms with van der Waals surface area (Å²) in [4.78, 5) is 2.71. The molecule has 2 heterocycles. The number of aryl methyl sites for hydroxylation is 2. The number of phenolic OH excluding ortho intramolecular Hbond substituents is 1. The van der Waals surface area contributed by atoms with Gasteiger partial charge in [-0.1, -0.05) is 64.1 Å². The van der Waals surface area contributed by atoms with Crippen molar-refractivity contribution in [2.24, 2.45) is 0 Å². The summed E-state index contributed by atoms with van der Waals surface area (Å²) in [6, 6.07) is 27.3. The van der Waals surface area contributed by atoms with E-state index in [1.54, 1.807) is 42.6 Å². The summed E-state index contributed by atoms with van der Waals surface area (Å²) < 4.78 is 39.2. The van der Waals surface area contributed by atoms with Crippen molar-refractivity contribution in [2.75, 3.05) is 13.5 Å². The van der Waals surface area contributed by atoms with E-state index in [-0.39, 0.29) is 17.4 Å². The summed E-state index contributed by atoms with van der Waals surface area (Å²) in [5, 5.41) is 9.85. The lowest BCUT2D eigenvalue weighted by Crippen LogP contribution is -2.39. The molecule has 6 rings (SSSR count). The summed E-state index contributed by atoms with van der Waals surface area (Å²) in [5.41, 5.74) is 4.78. The molecular formula is C30H29N3O5S+2. The number of fused-ring (bicyclic) bond motifs is 2. The summed E-state index contributed by atoms with van der Waals surface area (Å²) in [7, 11) is -3.61. The normalized spacial score (nSPS) is 13.7. The number of nitrogens with zero attached hydrogens (tertiary/aromatic N) is 2. The van der Waals surface area contributed by atoms with E-state index in [1.165, 1.54) is 4.68 Å². The fraction of sp³-hybridized carbons (Fsp3) is 0.133. The number of hydrogen-bond donors (Lipinski definition) is 2. The predicted octanol–water partition coefficient (Wildman–Crippen LogP) is 4.48. The maximum Gasteiger partial charge on any atom is 0.315 e. The number of nitrogens with one attached hydrogen (secondary N) is 1. The minimum atomic E-state index is -3.61. The first kappa shape index (κ1) is 26.0. The highest BCUT2D eigenvalue weighted by Gasteiger charge is 2.25. The lowest BCUT2D eigenvalue weighted by molar-refractivity contribution is -0.590. The standard InChI is InChI=1S/C15H15N2O3S.C15H13NO2/c1-12-6-5-7-13-10-17(11-20-15(12)13)16-21(18,19)14-8-3-2-4-9-14;1-11-5-4-6-12-9-16(10-18-15(11)12)13-7-2-3-8-14(13)17/h2-10,16H,11H2,1H3;2-9H,10H2,1H3/q+1;/p+1. The smallest absolute Gasteiger partial charge is 0.315 e.